The van der Waals surface area contributed by atoms with Gasteiger partial charge in [-0.2, -0.15) is 0 Å². The monoisotopic (exact) mass is 570 g/mol. The van der Waals surface area contributed by atoms with E-state index in [1.807, 2.05) is 0 Å². The van der Waals surface area contributed by atoms with Crippen molar-refractivity contribution >= 4 is 43.5 Å². The van der Waals surface area contributed by atoms with Crippen molar-refractivity contribution in [2.24, 2.45) is 0 Å². The fourth-order valence-corrected chi connectivity index (χ4v) is 5.66. The van der Waals surface area contributed by atoms with Crippen LogP contribution in [0.2, 0.25) is 0 Å². The number of benzene rings is 4. The molecule has 0 aliphatic heterocycles. The van der Waals surface area contributed by atoms with E-state index in [4.69, 9.17) is 27.8 Å². The fourth-order valence-electron chi connectivity index (χ4n) is 5.66. The minimum absolute atomic E-state index is 0.0198. The molecule has 6 aromatic rings. The Balaban J connectivity index is 1.95. The molecule has 42 heavy (non-hydrogen) atoms. The lowest BCUT2D eigenvalue weighted by atomic mass is 9.90. The van der Waals surface area contributed by atoms with Crippen LogP contribution in [0, 0.1) is 13.8 Å². The topological polar surface area (TPSA) is 138 Å². The standard InChI is InChI=1S/C32H26O10/c1-13-7-18(33)26-22(41-13)10-15-9-20(38-4)28(31(40-6)23(15)29(26)35)25-17-11-16(37-3)12-21(39-5)24(17)30(36)27-19(34)8-14(2)42-32(25)27/h7-12,35-36H,1-6H3. The summed E-state index contributed by atoms with van der Waals surface area (Å²) in [5.41, 5.74) is -0.0679. The van der Waals surface area contributed by atoms with Gasteiger partial charge in [-0.15, -0.1) is 0 Å². The van der Waals surface area contributed by atoms with Gasteiger partial charge in [-0.25, -0.2) is 0 Å². The van der Waals surface area contributed by atoms with Crippen LogP contribution in [-0.4, -0.2) is 38.7 Å². The zero-order valence-electron chi connectivity index (χ0n) is 23.6. The number of hydrogen-bond acceptors (Lipinski definition) is 10. The number of rotatable bonds is 5. The summed E-state index contributed by atoms with van der Waals surface area (Å²) in [6, 6.07) is 9.10. The van der Waals surface area contributed by atoms with E-state index in [2.05, 4.69) is 0 Å². The van der Waals surface area contributed by atoms with Gasteiger partial charge >= 0.3 is 0 Å². The van der Waals surface area contributed by atoms with E-state index in [1.165, 1.54) is 40.6 Å². The fraction of sp³-hybridized carbons (Fsp3) is 0.188. The molecule has 0 aliphatic carbocycles. The average Bonchev–Trinajstić information content (AvgIpc) is 2.95. The molecule has 10 heteroatoms. The summed E-state index contributed by atoms with van der Waals surface area (Å²) in [5.74, 6) is 1.05. The minimum atomic E-state index is -0.479. The van der Waals surface area contributed by atoms with E-state index < -0.39 is 10.9 Å². The molecule has 0 spiro atoms. The summed E-state index contributed by atoms with van der Waals surface area (Å²) >= 11 is 0. The molecule has 2 heterocycles. The first-order valence-electron chi connectivity index (χ1n) is 12.8. The smallest absolute Gasteiger partial charge is 0.196 e. The summed E-state index contributed by atoms with van der Waals surface area (Å²) in [4.78, 5) is 26.3. The lowest BCUT2D eigenvalue weighted by Crippen LogP contribution is -2.05. The summed E-state index contributed by atoms with van der Waals surface area (Å²) in [5, 5.41) is 24.1. The van der Waals surface area contributed by atoms with Crippen molar-refractivity contribution in [1.29, 1.82) is 0 Å². The second-order valence-electron chi connectivity index (χ2n) is 9.81. The summed E-state index contributed by atoms with van der Waals surface area (Å²) in [6.07, 6.45) is 0. The zero-order chi connectivity index (χ0) is 30.0. The minimum Gasteiger partial charge on any atom is -0.506 e. The first kappa shape index (κ1) is 26.8. The van der Waals surface area contributed by atoms with E-state index >= 15 is 0 Å². The second kappa shape index (κ2) is 9.62. The van der Waals surface area contributed by atoms with Crippen LogP contribution in [0.5, 0.6) is 34.5 Å². The van der Waals surface area contributed by atoms with Gasteiger partial charge in [0.1, 0.15) is 62.4 Å². The van der Waals surface area contributed by atoms with Crippen LogP contribution in [-0.2, 0) is 0 Å². The molecule has 214 valence electrons. The molecule has 0 unspecified atom stereocenters. The number of methoxy groups -OCH3 is 4. The van der Waals surface area contributed by atoms with E-state index in [0.29, 0.717) is 33.6 Å². The second-order valence-corrected chi connectivity index (χ2v) is 9.81. The molecular formula is C32H26O10. The van der Waals surface area contributed by atoms with Gasteiger partial charge in [-0.1, -0.05) is 0 Å². The number of aromatic hydroxyl groups is 2. The van der Waals surface area contributed by atoms with E-state index in [9.17, 15) is 19.8 Å². The predicted octanol–water partition coefficient (Wildman–Crippen LogP) is 5.94. The van der Waals surface area contributed by atoms with E-state index in [-0.39, 0.29) is 67.0 Å². The highest BCUT2D eigenvalue weighted by atomic mass is 16.5. The Morgan fingerprint density at radius 1 is 0.619 bits per heavy atom. The molecule has 6 rings (SSSR count). The van der Waals surface area contributed by atoms with E-state index in [1.54, 1.807) is 38.1 Å². The number of aryl methyl sites for hydroxylation is 2. The molecule has 0 fully saturated rings. The van der Waals surface area contributed by atoms with Crippen molar-refractivity contribution in [3.63, 3.8) is 0 Å². The van der Waals surface area contributed by atoms with Crippen molar-refractivity contribution in [3.05, 3.63) is 68.4 Å². The molecule has 0 atom stereocenters. The maximum Gasteiger partial charge on any atom is 0.196 e. The highest BCUT2D eigenvalue weighted by Crippen LogP contribution is 2.54. The SMILES string of the molecule is COc1cc(OC)c2c(O)c3c(=O)cc(C)oc3c(-c3c(OC)cc4cc5oc(C)cc(=O)c5c(O)c4c3OC)c2c1. The van der Waals surface area contributed by atoms with E-state index in [0.717, 1.165) is 0 Å². The van der Waals surface area contributed by atoms with Crippen LogP contribution in [0.4, 0.5) is 0 Å². The normalized spacial score (nSPS) is 11.5. The number of phenolic OH excluding ortho intramolecular Hbond substituents is 2. The third-order valence-corrected chi connectivity index (χ3v) is 7.38. The van der Waals surface area contributed by atoms with Crippen molar-refractivity contribution in [1.82, 2.24) is 0 Å². The molecule has 0 saturated heterocycles. The lowest BCUT2D eigenvalue weighted by molar-refractivity contribution is 0.396. The zero-order valence-corrected chi connectivity index (χ0v) is 23.6. The number of fused-ring (bicyclic) bond motifs is 4. The number of phenols is 2. The average molecular weight is 571 g/mol. The third kappa shape index (κ3) is 3.72. The number of ether oxygens (including phenoxy) is 4. The first-order valence-corrected chi connectivity index (χ1v) is 12.8. The van der Waals surface area contributed by atoms with Crippen LogP contribution in [0.15, 0.2) is 54.8 Å². The molecule has 10 nitrogen and oxygen atoms in total. The Labute approximate surface area is 237 Å². The Morgan fingerprint density at radius 3 is 1.90 bits per heavy atom. The Bertz CT molecular complexity index is 2220. The van der Waals surface area contributed by atoms with Crippen molar-refractivity contribution in [2.75, 3.05) is 28.4 Å². The molecule has 2 aromatic heterocycles. The third-order valence-electron chi connectivity index (χ3n) is 7.38. The molecule has 0 amide bonds. The van der Waals surface area contributed by atoms with Crippen LogP contribution in [0.25, 0.3) is 54.6 Å². The summed E-state index contributed by atoms with van der Waals surface area (Å²) in [7, 11) is 5.79. The van der Waals surface area contributed by atoms with Gasteiger partial charge in [0.15, 0.2) is 16.4 Å². The van der Waals surface area contributed by atoms with Gasteiger partial charge in [-0.3, -0.25) is 9.59 Å². The maximum atomic E-state index is 13.3. The van der Waals surface area contributed by atoms with Crippen LogP contribution < -0.4 is 29.8 Å². The first-order chi connectivity index (χ1) is 20.1. The summed E-state index contributed by atoms with van der Waals surface area (Å²) in [6.45, 7) is 3.26. The summed E-state index contributed by atoms with van der Waals surface area (Å²) < 4.78 is 34.8. The molecule has 0 saturated carbocycles. The number of hydrogen-bond donors (Lipinski definition) is 2. The van der Waals surface area contributed by atoms with Crippen LogP contribution in [0.1, 0.15) is 11.5 Å². The molecule has 0 aliphatic rings. The Kier molecular flexibility index (Phi) is 6.14. The molecule has 2 N–H and O–H groups in total. The highest BCUT2D eigenvalue weighted by molar-refractivity contribution is 6.20. The Morgan fingerprint density at radius 2 is 1.26 bits per heavy atom. The quantitative estimate of drug-likeness (QED) is 0.240. The van der Waals surface area contributed by atoms with Gasteiger partial charge in [0.25, 0.3) is 0 Å². The maximum absolute atomic E-state index is 13.3. The lowest BCUT2D eigenvalue weighted by Gasteiger charge is -2.21. The highest BCUT2D eigenvalue weighted by Gasteiger charge is 2.29. The largest absolute Gasteiger partial charge is 0.506 e. The van der Waals surface area contributed by atoms with Gasteiger partial charge in [0.05, 0.1) is 44.8 Å². The molecule has 0 radical (unpaired) electrons. The predicted molar refractivity (Wildman–Crippen MR) is 158 cm³/mol. The van der Waals surface area contributed by atoms with Crippen molar-refractivity contribution < 1.29 is 38.0 Å². The van der Waals surface area contributed by atoms with Crippen molar-refractivity contribution in [2.45, 2.75) is 13.8 Å². The van der Waals surface area contributed by atoms with Gasteiger partial charge < -0.3 is 38.0 Å². The molecule has 0 bridgehead atoms. The Hall–Kier alpha value is -5.38. The van der Waals surface area contributed by atoms with Gasteiger partial charge in [0.2, 0.25) is 0 Å². The van der Waals surface area contributed by atoms with Gasteiger partial charge in [-0.05, 0) is 37.4 Å². The van der Waals surface area contributed by atoms with Crippen molar-refractivity contribution in [3.8, 4) is 45.6 Å². The van der Waals surface area contributed by atoms with Gasteiger partial charge in [0, 0.05) is 29.1 Å². The van der Waals surface area contributed by atoms with Crippen LogP contribution in [0.3, 0.4) is 0 Å². The van der Waals surface area contributed by atoms with Crippen LogP contribution >= 0.6 is 0 Å². The molecular weight excluding hydrogens is 544 g/mol. The molecule has 4 aromatic carbocycles.